The highest BCUT2D eigenvalue weighted by atomic mass is 16.5. The topological polar surface area (TPSA) is 89.4 Å². The Kier molecular flexibility index (Phi) is 4.03. The fourth-order valence-electron chi connectivity index (χ4n) is 3.19. The van der Waals surface area contributed by atoms with Crippen molar-refractivity contribution in [2.45, 2.75) is 19.1 Å². The Labute approximate surface area is 143 Å². The summed E-state index contributed by atoms with van der Waals surface area (Å²) in [6.07, 6.45) is 2.77. The lowest BCUT2D eigenvalue weighted by Gasteiger charge is -2.17. The first kappa shape index (κ1) is 15.9. The van der Waals surface area contributed by atoms with Crippen molar-refractivity contribution in [1.82, 2.24) is 14.5 Å². The van der Waals surface area contributed by atoms with Gasteiger partial charge in [0.25, 0.3) is 5.56 Å². The number of aromatic nitrogens is 3. The van der Waals surface area contributed by atoms with Crippen LogP contribution in [0.3, 0.4) is 0 Å². The molecule has 2 N–H and O–H groups in total. The Morgan fingerprint density at radius 2 is 2.28 bits per heavy atom. The molecule has 0 saturated carbocycles. The molecule has 0 bridgehead atoms. The lowest BCUT2D eigenvalue weighted by Crippen LogP contribution is -2.23. The summed E-state index contributed by atoms with van der Waals surface area (Å²) in [6, 6.07) is 7.10. The minimum Gasteiger partial charge on any atom is -0.494 e. The standard InChI is InChI=1S/C18H19N3O4/c1-2-25-12-3-4-14-11(7-12)8-13(18(23)20-14)17-19-5-6-21(17)15-9-24-10-16(15)22/h3-8,15-16,22H,2,9-10H2,1H3,(H,20,23)/t15-,16+/m0/s1. The van der Waals surface area contributed by atoms with Crippen molar-refractivity contribution in [3.8, 4) is 17.1 Å². The van der Waals surface area contributed by atoms with Crippen LogP contribution in [0.15, 0.2) is 41.5 Å². The number of aliphatic hydroxyl groups is 1. The number of ether oxygens (including phenoxy) is 2. The zero-order valence-corrected chi connectivity index (χ0v) is 13.8. The van der Waals surface area contributed by atoms with Crippen LogP contribution in [0, 0.1) is 0 Å². The first-order valence-electron chi connectivity index (χ1n) is 8.26. The molecule has 130 valence electrons. The van der Waals surface area contributed by atoms with E-state index in [9.17, 15) is 9.90 Å². The van der Waals surface area contributed by atoms with Crippen LogP contribution in [0.2, 0.25) is 0 Å². The molecule has 4 rings (SSSR count). The lowest BCUT2D eigenvalue weighted by molar-refractivity contribution is 0.119. The van der Waals surface area contributed by atoms with E-state index in [-0.39, 0.29) is 18.2 Å². The number of nitrogens with zero attached hydrogens (tertiary/aromatic N) is 2. The SMILES string of the molecule is CCOc1ccc2[nH]c(=O)c(-c3nccn3[C@H]3COC[C@H]3O)cc2c1. The summed E-state index contributed by atoms with van der Waals surface area (Å²) < 4.78 is 12.7. The van der Waals surface area contributed by atoms with E-state index in [0.29, 0.717) is 24.6 Å². The Morgan fingerprint density at radius 3 is 3.04 bits per heavy atom. The molecule has 7 nitrogen and oxygen atoms in total. The van der Waals surface area contributed by atoms with Crippen LogP contribution < -0.4 is 10.3 Å². The van der Waals surface area contributed by atoms with Gasteiger partial charge in [0.15, 0.2) is 0 Å². The predicted molar refractivity (Wildman–Crippen MR) is 92.8 cm³/mol. The summed E-state index contributed by atoms with van der Waals surface area (Å²) in [5, 5.41) is 11.0. The van der Waals surface area contributed by atoms with Crippen molar-refractivity contribution >= 4 is 10.9 Å². The van der Waals surface area contributed by atoms with Gasteiger partial charge in [-0.25, -0.2) is 4.98 Å². The molecule has 1 aromatic carbocycles. The number of nitrogens with one attached hydrogen (secondary N) is 1. The molecule has 7 heteroatoms. The van der Waals surface area contributed by atoms with Crippen LogP contribution in [0.4, 0.5) is 0 Å². The van der Waals surface area contributed by atoms with Crippen LogP contribution >= 0.6 is 0 Å². The molecule has 1 aliphatic rings. The molecule has 1 aliphatic heterocycles. The molecule has 0 unspecified atom stereocenters. The average molecular weight is 341 g/mol. The number of imidazole rings is 1. The van der Waals surface area contributed by atoms with E-state index in [1.165, 1.54) is 0 Å². The van der Waals surface area contributed by atoms with Gasteiger partial charge < -0.3 is 24.1 Å². The fraction of sp³-hybridized carbons (Fsp3) is 0.333. The second kappa shape index (κ2) is 6.34. The third kappa shape index (κ3) is 2.81. The zero-order valence-electron chi connectivity index (χ0n) is 13.8. The number of H-pyrrole nitrogens is 1. The van der Waals surface area contributed by atoms with Gasteiger partial charge in [0, 0.05) is 23.3 Å². The van der Waals surface area contributed by atoms with Crippen LogP contribution in [0.25, 0.3) is 22.3 Å². The fourth-order valence-corrected chi connectivity index (χ4v) is 3.19. The summed E-state index contributed by atoms with van der Waals surface area (Å²) in [6.45, 7) is 3.18. The van der Waals surface area contributed by atoms with E-state index < -0.39 is 6.10 Å². The van der Waals surface area contributed by atoms with Gasteiger partial charge >= 0.3 is 0 Å². The van der Waals surface area contributed by atoms with Gasteiger partial charge in [0.05, 0.1) is 31.4 Å². The molecule has 2 aromatic heterocycles. The highest BCUT2D eigenvalue weighted by molar-refractivity contribution is 5.83. The van der Waals surface area contributed by atoms with E-state index in [2.05, 4.69) is 9.97 Å². The van der Waals surface area contributed by atoms with Gasteiger partial charge in [0.2, 0.25) is 0 Å². The molecule has 3 heterocycles. The van der Waals surface area contributed by atoms with E-state index in [1.54, 1.807) is 23.0 Å². The zero-order chi connectivity index (χ0) is 17.4. The van der Waals surface area contributed by atoms with Gasteiger partial charge in [-0.1, -0.05) is 0 Å². The summed E-state index contributed by atoms with van der Waals surface area (Å²) in [5.74, 6) is 1.26. The molecule has 25 heavy (non-hydrogen) atoms. The number of aliphatic hydroxyl groups excluding tert-OH is 1. The molecule has 0 amide bonds. The van der Waals surface area contributed by atoms with Crippen molar-refractivity contribution in [2.75, 3.05) is 19.8 Å². The number of benzene rings is 1. The summed E-state index contributed by atoms with van der Waals surface area (Å²) in [7, 11) is 0. The second-order valence-electron chi connectivity index (χ2n) is 6.02. The molecule has 0 aliphatic carbocycles. The van der Waals surface area contributed by atoms with Crippen molar-refractivity contribution in [2.24, 2.45) is 0 Å². The average Bonchev–Trinajstić information content (AvgIpc) is 3.23. The maximum atomic E-state index is 12.6. The number of rotatable bonds is 4. The van der Waals surface area contributed by atoms with Crippen molar-refractivity contribution in [1.29, 1.82) is 0 Å². The molecule has 0 spiro atoms. The second-order valence-corrected chi connectivity index (χ2v) is 6.02. The molecule has 1 fully saturated rings. The minimum atomic E-state index is -0.614. The van der Waals surface area contributed by atoms with E-state index >= 15 is 0 Å². The number of hydrogen-bond acceptors (Lipinski definition) is 5. The van der Waals surface area contributed by atoms with Crippen molar-refractivity contribution in [3.05, 3.63) is 47.0 Å². The molecular formula is C18H19N3O4. The Balaban J connectivity index is 1.83. The quantitative estimate of drug-likeness (QED) is 0.754. The highest BCUT2D eigenvalue weighted by Gasteiger charge is 2.30. The van der Waals surface area contributed by atoms with Gasteiger partial charge in [-0.15, -0.1) is 0 Å². The highest BCUT2D eigenvalue weighted by Crippen LogP contribution is 2.27. The van der Waals surface area contributed by atoms with Gasteiger partial charge in [0.1, 0.15) is 17.7 Å². The van der Waals surface area contributed by atoms with E-state index in [4.69, 9.17) is 9.47 Å². The third-order valence-electron chi connectivity index (χ3n) is 4.41. The van der Waals surface area contributed by atoms with E-state index in [0.717, 1.165) is 16.7 Å². The van der Waals surface area contributed by atoms with Crippen LogP contribution in [-0.4, -0.2) is 45.6 Å². The van der Waals surface area contributed by atoms with Crippen molar-refractivity contribution in [3.63, 3.8) is 0 Å². The molecule has 0 radical (unpaired) electrons. The first-order valence-corrected chi connectivity index (χ1v) is 8.26. The molecule has 2 atom stereocenters. The number of aromatic amines is 1. The van der Waals surface area contributed by atoms with Crippen LogP contribution in [-0.2, 0) is 4.74 Å². The third-order valence-corrected chi connectivity index (χ3v) is 4.41. The van der Waals surface area contributed by atoms with Crippen LogP contribution in [0.1, 0.15) is 13.0 Å². The van der Waals surface area contributed by atoms with Gasteiger partial charge in [-0.3, -0.25) is 4.79 Å². The summed E-state index contributed by atoms with van der Waals surface area (Å²) in [4.78, 5) is 19.8. The maximum Gasteiger partial charge on any atom is 0.259 e. The summed E-state index contributed by atoms with van der Waals surface area (Å²) in [5.41, 5.74) is 0.960. The van der Waals surface area contributed by atoms with Crippen molar-refractivity contribution < 1.29 is 14.6 Å². The minimum absolute atomic E-state index is 0.225. The molecule has 3 aromatic rings. The number of hydrogen-bond donors (Lipinski definition) is 2. The smallest absolute Gasteiger partial charge is 0.259 e. The van der Waals surface area contributed by atoms with E-state index in [1.807, 2.05) is 25.1 Å². The molecule has 1 saturated heterocycles. The Bertz CT molecular complexity index is 962. The monoisotopic (exact) mass is 341 g/mol. The van der Waals surface area contributed by atoms with Gasteiger partial charge in [-0.05, 0) is 31.2 Å². The largest absolute Gasteiger partial charge is 0.494 e. The Morgan fingerprint density at radius 1 is 1.40 bits per heavy atom. The normalized spacial score (nSPS) is 20.2. The van der Waals surface area contributed by atoms with Crippen LogP contribution in [0.5, 0.6) is 5.75 Å². The van der Waals surface area contributed by atoms with Gasteiger partial charge in [-0.2, -0.15) is 0 Å². The lowest BCUT2D eigenvalue weighted by atomic mass is 10.1. The first-order chi connectivity index (χ1) is 12.2. The Hall–Kier alpha value is -2.64. The maximum absolute atomic E-state index is 12.6. The molecular weight excluding hydrogens is 322 g/mol. The summed E-state index contributed by atoms with van der Waals surface area (Å²) >= 11 is 0. The number of fused-ring (bicyclic) bond motifs is 1. The predicted octanol–water partition coefficient (Wildman–Crippen LogP) is 1.72. The number of pyridine rings is 1.